The van der Waals surface area contributed by atoms with Gasteiger partial charge in [-0.25, -0.2) is 18.2 Å². The number of methoxy groups -OCH3 is 2. The van der Waals surface area contributed by atoms with Crippen molar-refractivity contribution in [3.05, 3.63) is 70.8 Å². The van der Waals surface area contributed by atoms with E-state index in [2.05, 4.69) is 9.97 Å². The number of pyridine rings is 1. The second kappa shape index (κ2) is 9.83. The molecule has 0 aliphatic rings. The van der Waals surface area contributed by atoms with Crippen LogP contribution < -0.4 is 19.9 Å². The Hall–Kier alpha value is -3.79. The van der Waals surface area contributed by atoms with Gasteiger partial charge < -0.3 is 19.2 Å². The highest BCUT2D eigenvalue weighted by Crippen LogP contribution is 2.33. The standard InChI is InChI=1S/C25H27N3O6S/c1-5-34-24-23(33-3)13-11-18(26-24)21(15-35(4,30)31)28-20-12-10-16(14-19(20)27-25(28)29)17-8-6-7-9-22(17)32-2/h6-14,21H,5,15H2,1-4H3,(H,27,29)/t21-/m1/s1. The number of ether oxygens (including phenoxy) is 3. The van der Waals surface area contributed by atoms with E-state index in [1.165, 1.54) is 11.7 Å². The summed E-state index contributed by atoms with van der Waals surface area (Å²) in [5, 5.41) is 0. The largest absolute Gasteiger partial charge is 0.496 e. The van der Waals surface area contributed by atoms with E-state index in [4.69, 9.17) is 14.2 Å². The molecule has 0 bridgehead atoms. The van der Waals surface area contributed by atoms with Crippen molar-refractivity contribution in [2.24, 2.45) is 0 Å². The fraction of sp³-hybridized carbons (Fsp3) is 0.280. The summed E-state index contributed by atoms with van der Waals surface area (Å²) in [4.78, 5) is 20.5. The molecule has 2 heterocycles. The lowest BCUT2D eigenvalue weighted by Gasteiger charge is -2.19. The highest BCUT2D eigenvalue weighted by molar-refractivity contribution is 7.90. The summed E-state index contributed by atoms with van der Waals surface area (Å²) in [5.41, 5.74) is 2.77. The quantitative estimate of drug-likeness (QED) is 0.377. The maximum atomic E-state index is 13.1. The molecule has 2 aromatic heterocycles. The molecule has 4 rings (SSSR count). The molecule has 0 radical (unpaired) electrons. The van der Waals surface area contributed by atoms with Crippen LogP contribution in [0.4, 0.5) is 0 Å². The van der Waals surface area contributed by atoms with Gasteiger partial charge >= 0.3 is 5.69 Å². The van der Waals surface area contributed by atoms with E-state index in [1.807, 2.05) is 43.3 Å². The van der Waals surface area contributed by atoms with Gasteiger partial charge in [-0.3, -0.25) is 4.57 Å². The number of nitrogens with one attached hydrogen (secondary N) is 1. The SMILES string of the molecule is CCOc1nc([C@@H](CS(C)(=O)=O)n2c(=O)[nH]c3cc(-c4ccccc4OC)ccc32)ccc1OC. The van der Waals surface area contributed by atoms with E-state index >= 15 is 0 Å². The van der Waals surface area contributed by atoms with Crippen molar-refractivity contribution in [1.82, 2.24) is 14.5 Å². The zero-order valence-electron chi connectivity index (χ0n) is 19.9. The van der Waals surface area contributed by atoms with Gasteiger partial charge in [0, 0.05) is 11.8 Å². The number of benzene rings is 2. The van der Waals surface area contributed by atoms with Gasteiger partial charge in [-0.15, -0.1) is 0 Å². The summed E-state index contributed by atoms with van der Waals surface area (Å²) in [6.45, 7) is 2.16. The predicted molar refractivity (Wildman–Crippen MR) is 134 cm³/mol. The molecule has 9 nitrogen and oxygen atoms in total. The summed E-state index contributed by atoms with van der Waals surface area (Å²) in [5.74, 6) is 1.03. The highest BCUT2D eigenvalue weighted by atomic mass is 32.2. The smallest absolute Gasteiger partial charge is 0.327 e. The molecule has 0 fully saturated rings. The van der Waals surface area contributed by atoms with Crippen LogP contribution in [0.15, 0.2) is 59.4 Å². The number of nitrogens with zero attached hydrogens (tertiary/aromatic N) is 2. The summed E-state index contributed by atoms with van der Waals surface area (Å²) < 4.78 is 42.5. The number of para-hydroxylation sites is 1. The van der Waals surface area contributed by atoms with Crippen molar-refractivity contribution < 1.29 is 22.6 Å². The number of aromatic nitrogens is 3. The van der Waals surface area contributed by atoms with Gasteiger partial charge in [-0.05, 0) is 42.8 Å². The van der Waals surface area contributed by atoms with Crippen LogP contribution in [0.5, 0.6) is 17.4 Å². The molecule has 2 aromatic carbocycles. The second-order valence-corrected chi connectivity index (χ2v) is 10.2. The van der Waals surface area contributed by atoms with Gasteiger partial charge in [0.2, 0.25) is 0 Å². The predicted octanol–water partition coefficient (Wildman–Crippen LogP) is 3.44. The first-order valence-electron chi connectivity index (χ1n) is 11.0. The lowest BCUT2D eigenvalue weighted by molar-refractivity contribution is 0.296. The van der Waals surface area contributed by atoms with Crippen LogP contribution >= 0.6 is 0 Å². The van der Waals surface area contributed by atoms with Gasteiger partial charge in [0.25, 0.3) is 5.88 Å². The minimum atomic E-state index is -3.49. The molecule has 0 aliphatic carbocycles. The summed E-state index contributed by atoms with van der Waals surface area (Å²) in [6.07, 6.45) is 1.13. The Balaban J connectivity index is 1.88. The van der Waals surface area contributed by atoms with Crippen molar-refractivity contribution >= 4 is 20.9 Å². The number of hydrogen-bond acceptors (Lipinski definition) is 7. The molecule has 0 spiro atoms. The Labute approximate surface area is 203 Å². The van der Waals surface area contributed by atoms with Crippen molar-refractivity contribution in [1.29, 1.82) is 0 Å². The van der Waals surface area contributed by atoms with E-state index in [-0.39, 0.29) is 11.6 Å². The van der Waals surface area contributed by atoms with E-state index in [0.29, 0.717) is 34.8 Å². The highest BCUT2D eigenvalue weighted by Gasteiger charge is 2.26. The van der Waals surface area contributed by atoms with E-state index < -0.39 is 21.6 Å². The first-order chi connectivity index (χ1) is 16.8. The number of sulfone groups is 1. The normalized spacial score (nSPS) is 12.5. The molecule has 184 valence electrons. The van der Waals surface area contributed by atoms with E-state index in [9.17, 15) is 13.2 Å². The third-order valence-electron chi connectivity index (χ3n) is 5.60. The number of aromatic amines is 1. The Kier molecular flexibility index (Phi) is 6.83. The maximum absolute atomic E-state index is 13.1. The molecule has 0 saturated carbocycles. The van der Waals surface area contributed by atoms with E-state index in [1.54, 1.807) is 25.3 Å². The zero-order chi connectivity index (χ0) is 25.2. The lowest BCUT2D eigenvalue weighted by Crippen LogP contribution is -2.29. The lowest BCUT2D eigenvalue weighted by atomic mass is 10.0. The third-order valence-corrected chi connectivity index (χ3v) is 6.52. The molecule has 4 aromatic rings. The fourth-order valence-electron chi connectivity index (χ4n) is 4.09. The minimum absolute atomic E-state index is 0.234. The summed E-state index contributed by atoms with van der Waals surface area (Å²) in [7, 11) is -0.388. The average molecular weight is 498 g/mol. The Morgan fingerprint density at radius 2 is 1.77 bits per heavy atom. The number of imidazole rings is 1. The number of H-pyrrole nitrogens is 1. The van der Waals surface area contributed by atoms with Crippen molar-refractivity contribution in [2.75, 3.05) is 32.8 Å². The van der Waals surface area contributed by atoms with Crippen molar-refractivity contribution in [3.63, 3.8) is 0 Å². The Bertz CT molecular complexity index is 1520. The van der Waals surface area contributed by atoms with Crippen LogP contribution in [-0.4, -0.2) is 55.8 Å². The van der Waals surface area contributed by atoms with Crippen molar-refractivity contribution in [3.8, 4) is 28.5 Å². The molecule has 0 unspecified atom stereocenters. The second-order valence-electron chi connectivity index (χ2n) is 8.02. The van der Waals surface area contributed by atoms with Crippen LogP contribution in [-0.2, 0) is 9.84 Å². The van der Waals surface area contributed by atoms with Gasteiger partial charge in [-0.1, -0.05) is 24.3 Å². The monoisotopic (exact) mass is 497 g/mol. The van der Waals surface area contributed by atoms with Crippen molar-refractivity contribution in [2.45, 2.75) is 13.0 Å². The molecular weight excluding hydrogens is 470 g/mol. The zero-order valence-corrected chi connectivity index (χ0v) is 20.8. The first-order valence-corrected chi connectivity index (χ1v) is 13.0. The molecule has 0 aliphatic heterocycles. The van der Waals surface area contributed by atoms with Crippen LogP contribution in [0.25, 0.3) is 22.2 Å². The molecule has 0 saturated heterocycles. The van der Waals surface area contributed by atoms with Crippen LogP contribution in [0.2, 0.25) is 0 Å². The molecule has 0 amide bonds. The van der Waals surface area contributed by atoms with Gasteiger partial charge in [0.05, 0.1) is 49.3 Å². The molecule has 1 N–H and O–H groups in total. The van der Waals surface area contributed by atoms with Crippen LogP contribution in [0.3, 0.4) is 0 Å². The fourth-order valence-corrected chi connectivity index (χ4v) is 4.99. The number of rotatable bonds is 9. The summed E-state index contributed by atoms with van der Waals surface area (Å²) >= 11 is 0. The Morgan fingerprint density at radius 3 is 2.46 bits per heavy atom. The van der Waals surface area contributed by atoms with Gasteiger partial charge in [-0.2, -0.15) is 0 Å². The molecular formula is C25H27N3O6S. The minimum Gasteiger partial charge on any atom is -0.496 e. The third kappa shape index (κ3) is 5.02. The van der Waals surface area contributed by atoms with Crippen LogP contribution in [0, 0.1) is 0 Å². The topological polar surface area (TPSA) is 113 Å². The van der Waals surface area contributed by atoms with Crippen LogP contribution in [0.1, 0.15) is 18.7 Å². The Morgan fingerprint density at radius 1 is 1.03 bits per heavy atom. The molecule has 10 heteroatoms. The van der Waals surface area contributed by atoms with Gasteiger partial charge in [0.15, 0.2) is 5.75 Å². The average Bonchev–Trinajstić information content (AvgIpc) is 3.16. The molecule has 35 heavy (non-hydrogen) atoms. The van der Waals surface area contributed by atoms with E-state index in [0.717, 1.165) is 17.4 Å². The van der Waals surface area contributed by atoms with Gasteiger partial charge in [0.1, 0.15) is 15.6 Å². The maximum Gasteiger partial charge on any atom is 0.327 e. The first kappa shape index (κ1) is 24.3. The number of hydrogen-bond donors (Lipinski definition) is 1. The molecule has 1 atom stereocenters. The summed E-state index contributed by atoms with van der Waals surface area (Å²) in [6, 6.07) is 15.5. The number of fused-ring (bicyclic) bond motifs is 1.